The molecular weight excluding hydrogens is 198 g/mol. The zero-order chi connectivity index (χ0) is 12.0. The lowest BCUT2D eigenvalue weighted by Crippen LogP contribution is -2.19. The Hall–Kier alpha value is -1.33. The summed E-state index contributed by atoms with van der Waals surface area (Å²) >= 11 is 0. The van der Waals surface area contributed by atoms with Gasteiger partial charge in [0.05, 0.1) is 0 Å². The van der Waals surface area contributed by atoms with Crippen LogP contribution in [0.5, 0.6) is 0 Å². The topological polar surface area (TPSA) is 20.3 Å². The van der Waals surface area contributed by atoms with Gasteiger partial charge in [-0.15, -0.1) is 0 Å². The molecule has 1 rings (SSSR count). The number of nitrogens with zero attached hydrogens (tertiary/aromatic N) is 1. The van der Waals surface area contributed by atoms with Crippen LogP contribution in [0.3, 0.4) is 0 Å². The van der Waals surface area contributed by atoms with Crippen LogP contribution < -0.4 is 0 Å². The van der Waals surface area contributed by atoms with Crippen molar-refractivity contribution in [3.63, 3.8) is 0 Å². The van der Waals surface area contributed by atoms with Crippen LogP contribution >= 0.6 is 0 Å². The van der Waals surface area contributed by atoms with E-state index in [1.54, 1.807) is 0 Å². The van der Waals surface area contributed by atoms with Gasteiger partial charge in [0.15, 0.2) is 5.78 Å². The van der Waals surface area contributed by atoms with Crippen molar-refractivity contribution in [2.75, 3.05) is 20.6 Å². The lowest BCUT2D eigenvalue weighted by Gasteiger charge is -2.12. The van der Waals surface area contributed by atoms with E-state index in [-0.39, 0.29) is 11.7 Å². The number of rotatable bonds is 4. The second-order valence-corrected chi connectivity index (χ2v) is 4.27. The molecule has 16 heavy (non-hydrogen) atoms. The molecule has 0 radical (unpaired) electrons. The summed E-state index contributed by atoms with van der Waals surface area (Å²) < 4.78 is 0. The van der Waals surface area contributed by atoms with Crippen molar-refractivity contribution >= 4 is 5.78 Å². The zero-order valence-corrected chi connectivity index (χ0v) is 10.3. The fourth-order valence-electron chi connectivity index (χ4n) is 1.54. The Labute approximate surface area is 98.0 Å². The fourth-order valence-corrected chi connectivity index (χ4v) is 1.54. The van der Waals surface area contributed by atoms with Gasteiger partial charge in [0.1, 0.15) is 0 Å². The summed E-state index contributed by atoms with van der Waals surface area (Å²) in [6, 6.07) is 0. The molecule has 0 aromatic rings. The summed E-state index contributed by atoms with van der Waals surface area (Å²) in [6.07, 6.45) is 7.18. The van der Waals surface area contributed by atoms with E-state index in [0.29, 0.717) is 6.42 Å². The van der Waals surface area contributed by atoms with Crippen molar-refractivity contribution in [2.45, 2.75) is 19.8 Å². The van der Waals surface area contributed by atoms with E-state index >= 15 is 0 Å². The number of allylic oxidation sites excluding steroid dienone is 4. The average molecular weight is 217 g/mol. The first-order valence-electron chi connectivity index (χ1n) is 5.64. The molecule has 0 saturated carbocycles. The number of hydrogen-bond donors (Lipinski definition) is 0. The van der Waals surface area contributed by atoms with Crippen LogP contribution in [-0.2, 0) is 4.79 Å². The van der Waals surface area contributed by atoms with Gasteiger partial charge >= 0.3 is 0 Å². The highest BCUT2D eigenvalue weighted by molar-refractivity contribution is 5.96. The average Bonchev–Trinajstić information content (AvgIpc) is 2.20. The molecule has 0 bridgehead atoms. The van der Waals surface area contributed by atoms with Gasteiger partial charge in [-0.2, -0.15) is 0 Å². The monoisotopic (exact) mass is 217 g/mol. The quantitative estimate of drug-likeness (QED) is 0.672. The van der Waals surface area contributed by atoms with Crippen molar-refractivity contribution in [3.8, 4) is 11.8 Å². The number of Topliss-reactive ketones (excluding diaryl/α,β-unsaturated/α-hetero) is 1. The minimum absolute atomic E-state index is 0.0552. The van der Waals surface area contributed by atoms with Crippen LogP contribution in [0.25, 0.3) is 0 Å². The number of ketones is 1. The second-order valence-electron chi connectivity index (χ2n) is 4.27. The summed E-state index contributed by atoms with van der Waals surface area (Å²) in [5, 5.41) is 0. The maximum absolute atomic E-state index is 12.0. The van der Waals surface area contributed by atoms with Gasteiger partial charge in [0.25, 0.3) is 0 Å². The van der Waals surface area contributed by atoms with Gasteiger partial charge in [-0.3, -0.25) is 4.79 Å². The molecule has 0 aromatic heterocycles. The van der Waals surface area contributed by atoms with E-state index in [9.17, 15) is 4.79 Å². The Morgan fingerprint density at radius 2 is 2.31 bits per heavy atom. The summed E-state index contributed by atoms with van der Waals surface area (Å²) in [6.45, 7) is 2.78. The third-order valence-corrected chi connectivity index (χ3v) is 2.52. The minimum atomic E-state index is 0.0552. The Morgan fingerprint density at radius 3 is 3.00 bits per heavy atom. The van der Waals surface area contributed by atoms with Crippen LogP contribution in [0.4, 0.5) is 0 Å². The number of carbonyl (C=O) groups is 1. The van der Waals surface area contributed by atoms with Gasteiger partial charge < -0.3 is 4.90 Å². The highest BCUT2D eigenvalue weighted by Gasteiger charge is 2.14. The molecule has 1 unspecified atom stereocenters. The van der Waals surface area contributed by atoms with Crippen molar-refractivity contribution < 1.29 is 4.79 Å². The third-order valence-electron chi connectivity index (χ3n) is 2.52. The van der Waals surface area contributed by atoms with E-state index in [1.165, 1.54) is 0 Å². The van der Waals surface area contributed by atoms with Crippen LogP contribution in [0, 0.1) is 17.8 Å². The predicted molar refractivity (Wildman–Crippen MR) is 67.0 cm³/mol. The molecule has 1 aliphatic rings. The molecule has 0 heterocycles. The van der Waals surface area contributed by atoms with E-state index < -0.39 is 0 Å². The Balaban J connectivity index is 2.70. The molecule has 0 fully saturated rings. The zero-order valence-electron chi connectivity index (χ0n) is 10.3. The molecule has 0 N–H and O–H groups in total. The van der Waals surface area contributed by atoms with Gasteiger partial charge in [0, 0.05) is 30.9 Å². The molecule has 0 aliphatic heterocycles. The first kappa shape index (κ1) is 12.7. The molecule has 0 spiro atoms. The maximum Gasteiger partial charge on any atom is 0.161 e. The van der Waals surface area contributed by atoms with E-state index in [1.807, 2.05) is 44.1 Å². The van der Waals surface area contributed by atoms with Crippen LogP contribution in [0.15, 0.2) is 23.8 Å². The predicted octanol–water partition coefficient (Wildman–Crippen LogP) is 2.03. The van der Waals surface area contributed by atoms with Crippen molar-refractivity contribution in [1.29, 1.82) is 0 Å². The molecule has 1 aliphatic carbocycles. The normalized spacial score (nSPS) is 24.8. The molecular formula is C14H19NO. The highest BCUT2D eigenvalue weighted by atomic mass is 16.1. The molecule has 0 amide bonds. The number of carbonyl (C=O) groups excluding carboxylic acids is 1. The SMILES string of the molecule is CC1C#CC/C=C\C=C/1C(=O)CCN(C)C. The van der Waals surface area contributed by atoms with Gasteiger partial charge in [-0.25, -0.2) is 0 Å². The molecule has 2 heteroatoms. The van der Waals surface area contributed by atoms with Crippen molar-refractivity contribution in [3.05, 3.63) is 23.8 Å². The second kappa shape index (κ2) is 6.30. The molecule has 2 nitrogen and oxygen atoms in total. The molecule has 1 atom stereocenters. The first-order chi connectivity index (χ1) is 7.61. The molecule has 0 aromatic carbocycles. The summed E-state index contributed by atoms with van der Waals surface area (Å²) in [5.74, 6) is 6.41. The molecule has 86 valence electrons. The standard InChI is InChI=1S/C14H19NO/c1-12-8-6-4-5-7-9-13(12)14(16)10-11-15(2)3/h5,7,9,12H,4,10-11H2,1-3H3/b7-5-,13-9+. The van der Waals surface area contributed by atoms with Crippen LogP contribution in [0.2, 0.25) is 0 Å². The lowest BCUT2D eigenvalue weighted by molar-refractivity contribution is -0.116. The van der Waals surface area contributed by atoms with Crippen molar-refractivity contribution in [2.24, 2.45) is 5.92 Å². The minimum Gasteiger partial charge on any atom is -0.309 e. The fraction of sp³-hybridized carbons (Fsp3) is 0.500. The molecule has 0 saturated heterocycles. The first-order valence-corrected chi connectivity index (χ1v) is 5.64. The highest BCUT2D eigenvalue weighted by Crippen LogP contribution is 2.14. The van der Waals surface area contributed by atoms with Crippen molar-refractivity contribution in [1.82, 2.24) is 4.90 Å². The summed E-state index contributed by atoms with van der Waals surface area (Å²) in [4.78, 5) is 14.0. The maximum atomic E-state index is 12.0. The van der Waals surface area contributed by atoms with E-state index in [2.05, 4.69) is 11.8 Å². The van der Waals surface area contributed by atoms with Gasteiger partial charge in [-0.1, -0.05) is 30.1 Å². The van der Waals surface area contributed by atoms with E-state index in [4.69, 9.17) is 0 Å². The van der Waals surface area contributed by atoms with Crippen LogP contribution in [0.1, 0.15) is 19.8 Å². The van der Waals surface area contributed by atoms with E-state index in [0.717, 1.165) is 18.5 Å². The Kier molecular flexibility index (Phi) is 5.01. The smallest absolute Gasteiger partial charge is 0.161 e. The largest absolute Gasteiger partial charge is 0.309 e. The number of hydrogen-bond acceptors (Lipinski definition) is 2. The van der Waals surface area contributed by atoms with Crippen LogP contribution in [-0.4, -0.2) is 31.3 Å². The third kappa shape index (κ3) is 4.04. The Bertz CT molecular complexity index is 366. The summed E-state index contributed by atoms with van der Waals surface area (Å²) in [5.41, 5.74) is 0.838. The Morgan fingerprint density at radius 1 is 1.56 bits per heavy atom. The van der Waals surface area contributed by atoms with Gasteiger partial charge in [-0.05, 0) is 21.0 Å². The summed E-state index contributed by atoms with van der Waals surface area (Å²) in [7, 11) is 3.95. The lowest BCUT2D eigenvalue weighted by atomic mass is 9.94. The van der Waals surface area contributed by atoms with Gasteiger partial charge in [0.2, 0.25) is 0 Å².